The number of aromatic nitrogens is 4. The molecule has 0 saturated heterocycles. The second-order valence-corrected chi connectivity index (χ2v) is 6.39. The lowest BCUT2D eigenvalue weighted by atomic mass is 10.2. The molecule has 2 N–H and O–H groups in total. The average molecular weight is 361 g/mol. The van der Waals surface area contributed by atoms with Crippen molar-refractivity contribution in [3.8, 4) is 0 Å². The quantitative estimate of drug-likeness (QED) is 0.570. The van der Waals surface area contributed by atoms with E-state index >= 15 is 0 Å². The molecular weight excluding hydrogens is 342 g/mol. The normalized spacial score (nSPS) is 12.3. The Labute approximate surface area is 155 Å². The Kier molecular flexibility index (Phi) is 4.42. The van der Waals surface area contributed by atoms with E-state index in [4.69, 9.17) is 0 Å². The van der Waals surface area contributed by atoms with Crippen molar-refractivity contribution in [2.45, 2.75) is 19.4 Å². The molecule has 1 atom stereocenters. The van der Waals surface area contributed by atoms with Gasteiger partial charge in [0.2, 0.25) is 5.91 Å². The highest BCUT2D eigenvalue weighted by molar-refractivity contribution is 5.81. The first-order chi connectivity index (χ1) is 13.1. The van der Waals surface area contributed by atoms with Gasteiger partial charge in [-0.2, -0.15) is 0 Å². The maximum absolute atomic E-state index is 12.6. The largest absolute Gasteiger partial charge is 0.354 e. The Morgan fingerprint density at radius 2 is 1.89 bits per heavy atom. The number of hydrogen-bond acceptors (Lipinski definition) is 4. The molecule has 136 valence electrons. The van der Waals surface area contributed by atoms with Crippen LogP contribution in [0.2, 0.25) is 0 Å². The van der Waals surface area contributed by atoms with Crippen molar-refractivity contribution in [2.75, 3.05) is 6.54 Å². The third kappa shape index (κ3) is 3.31. The van der Waals surface area contributed by atoms with Crippen LogP contribution in [0.4, 0.5) is 0 Å². The van der Waals surface area contributed by atoms with Gasteiger partial charge in [-0.1, -0.05) is 24.3 Å². The summed E-state index contributed by atoms with van der Waals surface area (Å²) in [6.45, 7) is 2.12. The van der Waals surface area contributed by atoms with Crippen LogP contribution >= 0.6 is 0 Å². The van der Waals surface area contributed by atoms with Crippen LogP contribution in [0.25, 0.3) is 21.9 Å². The Morgan fingerprint density at radius 3 is 2.70 bits per heavy atom. The number of fused-ring (bicyclic) bond motifs is 2. The Hall–Kier alpha value is -3.48. The zero-order valence-electron chi connectivity index (χ0n) is 14.8. The van der Waals surface area contributed by atoms with E-state index in [1.165, 1.54) is 10.9 Å². The number of imidazole rings is 1. The van der Waals surface area contributed by atoms with Crippen LogP contribution < -0.4 is 10.9 Å². The van der Waals surface area contributed by atoms with Crippen LogP contribution in [0.15, 0.2) is 59.7 Å². The fourth-order valence-electron chi connectivity index (χ4n) is 3.06. The third-order valence-corrected chi connectivity index (χ3v) is 4.59. The van der Waals surface area contributed by atoms with E-state index in [0.29, 0.717) is 23.9 Å². The first kappa shape index (κ1) is 17.0. The zero-order chi connectivity index (χ0) is 18.8. The molecule has 0 aliphatic heterocycles. The first-order valence-corrected chi connectivity index (χ1v) is 8.81. The van der Waals surface area contributed by atoms with Gasteiger partial charge >= 0.3 is 0 Å². The Morgan fingerprint density at radius 1 is 1.15 bits per heavy atom. The maximum Gasteiger partial charge on any atom is 0.261 e. The third-order valence-electron chi connectivity index (χ3n) is 4.59. The highest BCUT2D eigenvalue weighted by Gasteiger charge is 2.17. The van der Waals surface area contributed by atoms with Crippen molar-refractivity contribution < 1.29 is 4.79 Å². The lowest BCUT2D eigenvalue weighted by molar-refractivity contribution is -0.123. The number of carbonyl (C=O) groups is 1. The van der Waals surface area contributed by atoms with Crippen molar-refractivity contribution in [3.05, 3.63) is 71.0 Å². The smallest absolute Gasteiger partial charge is 0.261 e. The molecular formula is C20H19N5O2. The van der Waals surface area contributed by atoms with E-state index in [9.17, 15) is 9.59 Å². The van der Waals surface area contributed by atoms with E-state index in [2.05, 4.69) is 20.3 Å². The monoisotopic (exact) mass is 361 g/mol. The lowest BCUT2D eigenvalue weighted by Gasteiger charge is -2.15. The summed E-state index contributed by atoms with van der Waals surface area (Å²) >= 11 is 0. The number of amides is 1. The highest BCUT2D eigenvalue weighted by Crippen LogP contribution is 2.11. The molecule has 0 aliphatic carbocycles. The molecule has 4 aromatic rings. The Bertz CT molecular complexity index is 1140. The van der Waals surface area contributed by atoms with Crippen LogP contribution in [-0.2, 0) is 11.2 Å². The number of carbonyl (C=O) groups excluding carboxylic acids is 1. The number of para-hydroxylation sites is 3. The van der Waals surface area contributed by atoms with Crippen LogP contribution in [0, 0.1) is 0 Å². The molecule has 27 heavy (non-hydrogen) atoms. The van der Waals surface area contributed by atoms with Gasteiger partial charge in [-0.15, -0.1) is 0 Å². The van der Waals surface area contributed by atoms with Gasteiger partial charge in [0.25, 0.3) is 5.56 Å². The predicted molar refractivity (Wildman–Crippen MR) is 104 cm³/mol. The molecule has 0 saturated carbocycles. The molecule has 2 aromatic heterocycles. The van der Waals surface area contributed by atoms with Gasteiger partial charge in [0.15, 0.2) is 0 Å². The molecule has 0 spiro atoms. The summed E-state index contributed by atoms with van der Waals surface area (Å²) in [6, 6.07) is 14.2. The van der Waals surface area contributed by atoms with E-state index in [-0.39, 0.29) is 11.5 Å². The minimum absolute atomic E-state index is 0.222. The summed E-state index contributed by atoms with van der Waals surface area (Å²) in [4.78, 5) is 37.0. The van der Waals surface area contributed by atoms with Crippen molar-refractivity contribution >= 4 is 27.8 Å². The van der Waals surface area contributed by atoms with E-state index < -0.39 is 6.04 Å². The number of hydrogen-bond donors (Lipinski definition) is 2. The molecule has 2 aromatic carbocycles. The minimum atomic E-state index is -0.648. The summed E-state index contributed by atoms with van der Waals surface area (Å²) in [5.74, 6) is 0.582. The van der Waals surface area contributed by atoms with Crippen LogP contribution in [0.3, 0.4) is 0 Å². The molecule has 7 nitrogen and oxygen atoms in total. The van der Waals surface area contributed by atoms with Gasteiger partial charge < -0.3 is 10.3 Å². The number of nitrogens with one attached hydrogen (secondary N) is 2. The fourth-order valence-corrected chi connectivity index (χ4v) is 3.06. The number of rotatable bonds is 5. The summed E-state index contributed by atoms with van der Waals surface area (Å²) in [7, 11) is 0. The topological polar surface area (TPSA) is 92.7 Å². The van der Waals surface area contributed by atoms with Gasteiger partial charge in [0.1, 0.15) is 11.9 Å². The van der Waals surface area contributed by atoms with Crippen molar-refractivity contribution in [1.82, 2.24) is 24.8 Å². The summed E-state index contributed by atoms with van der Waals surface area (Å²) in [5.41, 5.74) is 2.28. The van der Waals surface area contributed by atoms with Crippen LogP contribution in [0.1, 0.15) is 18.8 Å². The van der Waals surface area contributed by atoms with Gasteiger partial charge in [-0.3, -0.25) is 14.2 Å². The van der Waals surface area contributed by atoms with E-state index in [1.54, 1.807) is 25.1 Å². The fraction of sp³-hybridized carbons (Fsp3) is 0.200. The number of benzene rings is 2. The van der Waals surface area contributed by atoms with Crippen molar-refractivity contribution in [2.24, 2.45) is 0 Å². The minimum Gasteiger partial charge on any atom is -0.354 e. The van der Waals surface area contributed by atoms with Crippen LogP contribution in [0.5, 0.6) is 0 Å². The Balaban J connectivity index is 1.43. The van der Waals surface area contributed by atoms with Crippen LogP contribution in [-0.4, -0.2) is 32.0 Å². The van der Waals surface area contributed by atoms with Gasteiger partial charge in [-0.25, -0.2) is 9.97 Å². The summed E-state index contributed by atoms with van der Waals surface area (Å²) in [6.07, 6.45) is 2.01. The van der Waals surface area contributed by atoms with Gasteiger partial charge in [0.05, 0.1) is 28.3 Å². The molecule has 4 rings (SSSR count). The average Bonchev–Trinajstić information content (AvgIpc) is 3.10. The number of nitrogens with zero attached hydrogens (tertiary/aromatic N) is 3. The first-order valence-electron chi connectivity index (χ1n) is 8.81. The second kappa shape index (κ2) is 7.03. The number of H-pyrrole nitrogens is 1. The predicted octanol–water partition coefficient (Wildman–Crippen LogP) is 2.19. The van der Waals surface area contributed by atoms with Gasteiger partial charge in [0, 0.05) is 13.0 Å². The zero-order valence-corrected chi connectivity index (χ0v) is 14.8. The standard InChI is InChI=1S/C20H19N5O2/c1-13(25-12-22-15-7-3-2-6-14(15)20(25)27)19(26)21-11-10-18-23-16-8-4-5-9-17(16)24-18/h2-9,12-13H,10-11H2,1H3,(H,21,26)(H,23,24)/t13-/m1/s1. The lowest BCUT2D eigenvalue weighted by Crippen LogP contribution is -2.36. The SMILES string of the molecule is C[C@H](C(=O)NCCc1nc2ccccc2[nH]1)n1cnc2ccccc2c1=O. The van der Waals surface area contributed by atoms with Crippen molar-refractivity contribution in [1.29, 1.82) is 0 Å². The molecule has 0 bridgehead atoms. The highest BCUT2D eigenvalue weighted by atomic mass is 16.2. The molecule has 0 radical (unpaired) electrons. The number of aromatic amines is 1. The van der Waals surface area contributed by atoms with E-state index in [1.807, 2.05) is 30.3 Å². The van der Waals surface area contributed by atoms with E-state index in [0.717, 1.165) is 16.9 Å². The van der Waals surface area contributed by atoms with Gasteiger partial charge in [-0.05, 0) is 31.2 Å². The molecule has 1 amide bonds. The van der Waals surface area contributed by atoms with Crippen molar-refractivity contribution in [3.63, 3.8) is 0 Å². The summed E-state index contributed by atoms with van der Waals surface area (Å²) in [5, 5.41) is 3.36. The summed E-state index contributed by atoms with van der Waals surface area (Å²) < 4.78 is 1.36. The molecule has 0 fully saturated rings. The molecule has 2 heterocycles. The molecule has 7 heteroatoms. The molecule has 0 unspecified atom stereocenters. The molecule has 0 aliphatic rings. The maximum atomic E-state index is 12.6. The second-order valence-electron chi connectivity index (χ2n) is 6.39.